The number of benzene rings is 2. The molecule has 0 aliphatic heterocycles. The van der Waals surface area contributed by atoms with Gasteiger partial charge in [0.15, 0.2) is 0 Å². The molecular formula is C29H38O2. The van der Waals surface area contributed by atoms with Gasteiger partial charge >= 0.3 is 0 Å². The Labute approximate surface area is 188 Å². The summed E-state index contributed by atoms with van der Waals surface area (Å²) in [6, 6.07) is 8.28. The molecule has 0 bridgehead atoms. The van der Waals surface area contributed by atoms with E-state index in [1.807, 2.05) is 13.0 Å². The molecule has 0 aromatic heterocycles. The molecule has 166 valence electrons. The van der Waals surface area contributed by atoms with Crippen molar-refractivity contribution in [3.63, 3.8) is 0 Å². The van der Waals surface area contributed by atoms with Crippen molar-refractivity contribution in [2.75, 3.05) is 0 Å². The Balaban J connectivity index is 2.34. The van der Waals surface area contributed by atoms with Crippen LogP contribution in [0.25, 0.3) is 5.57 Å². The van der Waals surface area contributed by atoms with E-state index in [0.717, 1.165) is 45.4 Å². The van der Waals surface area contributed by atoms with Crippen LogP contribution in [0, 0.1) is 25.7 Å². The van der Waals surface area contributed by atoms with Crippen molar-refractivity contribution in [3.8, 4) is 11.5 Å². The molecule has 1 aliphatic carbocycles. The zero-order chi connectivity index (χ0) is 23.2. The number of hydrogen-bond donors (Lipinski definition) is 2. The van der Waals surface area contributed by atoms with Gasteiger partial charge in [0, 0.05) is 22.6 Å². The van der Waals surface area contributed by atoms with Crippen molar-refractivity contribution in [2.24, 2.45) is 11.8 Å². The highest BCUT2D eigenvalue weighted by Crippen LogP contribution is 2.51. The molecule has 3 rings (SSSR count). The summed E-state index contributed by atoms with van der Waals surface area (Å²) >= 11 is 0. The highest BCUT2D eigenvalue weighted by atomic mass is 16.3. The molecule has 2 heteroatoms. The molecule has 2 nitrogen and oxygen atoms in total. The normalized spacial score (nSPS) is 19.9. The highest BCUT2D eigenvalue weighted by Gasteiger charge is 2.37. The molecule has 0 amide bonds. The summed E-state index contributed by atoms with van der Waals surface area (Å²) in [6.45, 7) is 21.0. The molecular weight excluding hydrogens is 380 g/mol. The lowest BCUT2D eigenvalue weighted by molar-refractivity contribution is 0.369. The second-order valence-electron chi connectivity index (χ2n) is 10.7. The third-order valence-electron chi connectivity index (χ3n) is 6.71. The van der Waals surface area contributed by atoms with Gasteiger partial charge < -0.3 is 10.2 Å². The van der Waals surface area contributed by atoms with E-state index in [9.17, 15) is 10.2 Å². The standard InChI is InChI=1S/C29H38O2/c1-16(2)21-11-18(4)13-23(27(21)30)26(22-12-17(3)10-20(22)6)24-14-19(5)15-25(28(24)31)29(7,8)9/h10-11,13-15,20,22,26,30-31H,1,12H2,2-9H3. The van der Waals surface area contributed by atoms with Crippen LogP contribution in [0.15, 0.2) is 42.5 Å². The molecule has 3 unspecified atom stereocenters. The minimum atomic E-state index is -0.178. The zero-order valence-corrected chi connectivity index (χ0v) is 20.4. The topological polar surface area (TPSA) is 40.5 Å². The third kappa shape index (κ3) is 4.44. The van der Waals surface area contributed by atoms with Gasteiger partial charge in [-0.25, -0.2) is 0 Å². The Morgan fingerprint density at radius 1 is 0.968 bits per heavy atom. The first kappa shape index (κ1) is 23.2. The fourth-order valence-electron chi connectivity index (χ4n) is 5.23. The summed E-state index contributed by atoms with van der Waals surface area (Å²) in [4.78, 5) is 0. The maximum Gasteiger partial charge on any atom is 0.126 e. The molecule has 31 heavy (non-hydrogen) atoms. The highest BCUT2D eigenvalue weighted by molar-refractivity contribution is 5.70. The lowest BCUT2D eigenvalue weighted by Gasteiger charge is -2.32. The fourth-order valence-corrected chi connectivity index (χ4v) is 5.23. The van der Waals surface area contributed by atoms with E-state index >= 15 is 0 Å². The summed E-state index contributed by atoms with van der Waals surface area (Å²) in [5.41, 5.74) is 7.81. The first-order valence-corrected chi connectivity index (χ1v) is 11.3. The van der Waals surface area contributed by atoms with Crippen LogP contribution < -0.4 is 0 Å². The van der Waals surface area contributed by atoms with Gasteiger partial charge in [0.05, 0.1) is 0 Å². The molecule has 1 aliphatic rings. The molecule has 0 fully saturated rings. The van der Waals surface area contributed by atoms with Crippen LogP contribution in [0.1, 0.15) is 87.3 Å². The SMILES string of the molecule is C=C(C)c1cc(C)cc(C(c2cc(C)cc(C(C)(C)C)c2O)C2CC(C)=CC2C)c1O. The van der Waals surface area contributed by atoms with E-state index in [4.69, 9.17) is 0 Å². The van der Waals surface area contributed by atoms with Crippen molar-refractivity contribution in [1.29, 1.82) is 0 Å². The number of aromatic hydroxyl groups is 2. The van der Waals surface area contributed by atoms with Gasteiger partial charge in [-0.1, -0.05) is 69.7 Å². The first-order chi connectivity index (χ1) is 14.3. The van der Waals surface area contributed by atoms with Gasteiger partial charge in [0.25, 0.3) is 0 Å². The minimum absolute atomic E-state index is 0.109. The lowest BCUT2D eigenvalue weighted by Crippen LogP contribution is -2.20. The quantitative estimate of drug-likeness (QED) is 0.498. The minimum Gasteiger partial charge on any atom is -0.507 e. The van der Waals surface area contributed by atoms with E-state index in [1.165, 1.54) is 5.57 Å². The average molecular weight is 419 g/mol. The molecule has 0 spiro atoms. The van der Waals surface area contributed by atoms with Crippen LogP contribution in [0.5, 0.6) is 11.5 Å². The van der Waals surface area contributed by atoms with Crippen molar-refractivity contribution in [1.82, 2.24) is 0 Å². The summed E-state index contributed by atoms with van der Waals surface area (Å²) < 4.78 is 0. The van der Waals surface area contributed by atoms with Crippen LogP contribution in [0.2, 0.25) is 0 Å². The summed E-state index contributed by atoms with van der Waals surface area (Å²) in [5, 5.41) is 22.9. The molecule has 0 heterocycles. The Hall–Kier alpha value is -2.48. The summed E-state index contributed by atoms with van der Waals surface area (Å²) in [6.07, 6.45) is 3.29. The van der Waals surface area contributed by atoms with Crippen molar-refractivity contribution < 1.29 is 10.2 Å². The summed E-state index contributed by atoms with van der Waals surface area (Å²) in [7, 11) is 0. The Morgan fingerprint density at radius 3 is 2.00 bits per heavy atom. The fraction of sp³-hybridized carbons (Fsp3) is 0.448. The van der Waals surface area contributed by atoms with Gasteiger partial charge in [-0.05, 0) is 74.1 Å². The van der Waals surface area contributed by atoms with Crippen molar-refractivity contribution in [2.45, 2.75) is 73.1 Å². The zero-order valence-electron chi connectivity index (χ0n) is 20.4. The van der Waals surface area contributed by atoms with E-state index in [0.29, 0.717) is 11.7 Å². The second kappa shape index (κ2) is 8.22. The second-order valence-corrected chi connectivity index (χ2v) is 10.7. The molecule has 0 saturated carbocycles. The van der Waals surface area contributed by atoms with Gasteiger partial charge in [-0.15, -0.1) is 0 Å². The van der Waals surface area contributed by atoms with Gasteiger partial charge in [0.2, 0.25) is 0 Å². The molecule has 0 saturated heterocycles. The van der Waals surface area contributed by atoms with Gasteiger partial charge in [-0.3, -0.25) is 0 Å². The first-order valence-electron chi connectivity index (χ1n) is 11.3. The number of phenolic OH excluding ortho intramolecular Hbond substituents is 2. The molecule has 2 N–H and O–H groups in total. The largest absolute Gasteiger partial charge is 0.507 e. The van der Waals surface area contributed by atoms with Crippen LogP contribution >= 0.6 is 0 Å². The molecule has 2 aromatic rings. The Morgan fingerprint density at radius 2 is 1.52 bits per heavy atom. The van der Waals surface area contributed by atoms with Crippen LogP contribution in [-0.4, -0.2) is 10.2 Å². The number of allylic oxidation sites excluding steroid dienone is 3. The van der Waals surface area contributed by atoms with E-state index in [1.54, 1.807) is 0 Å². The number of rotatable bonds is 4. The predicted octanol–water partition coefficient (Wildman–Crippen LogP) is 7.78. The monoisotopic (exact) mass is 418 g/mol. The number of aryl methyl sites for hydroxylation is 2. The van der Waals surface area contributed by atoms with Crippen molar-refractivity contribution in [3.05, 3.63) is 75.9 Å². The Bertz CT molecular complexity index is 1050. The van der Waals surface area contributed by atoms with Crippen LogP contribution in [0.3, 0.4) is 0 Å². The van der Waals surface area contributed by atoms with Crippen molar-refractivity contribution >= 4 is 5.57 Å². The average Bonchev–Trinajstić information content (AvgIpc) is 2.97. The van der Waals surface area contributed by atoms with E-state index in [2.05, 4.69) is 79.3 Å². The van der Waals surface area contributed by atoms with Crippen LogP contribution in [-0.2, 0) is 5.41 Å². The maximum atomic E-state index is 11.5. The predicted molar refractivity (Wildman–Crippen MR) is 132 cm³/mol. The van der Waals surface area contributed by atoms with E-state index in [-0.39, 0.29) is 23.0 Å². The third-order valence-corrected chi connectivity index (χ3v) is 6.71. The number of phenols is 2. The summed E-state index contributed by atoms with van der Waals surface area (Å²) in [5.74, 6) is 1.17. The van der Waals surface area contributed by atoms with E-state index < -0.39 is 0 Å². The molecule has 3 atom stereocenters. The molecule has 0 radical (unpaired) electrons. The van der Waals surface area contributed by atoms with Gasteiger partial charge in [0.1, 0.15) is 11.5 Å². The Kier molecular flexibility index (Phi) is 6.15. The lowest BCUT2D eigenvalue weighted by atomic mass is 9.72. The van der Waals surface area contributed by atoms with Gasteiger partial charge in [-0.2, -0.15) is 0 Å². The maximum absolute atomic E-state index is 11.5. The smallest absolute Gasteiger partial charge is 0.126 e. The number of hydrogen-bond acceptors (Lipinski definition) is 2. The molecule has 2 aromatic carbocycles. The van der Waals surface area contributed by atoms with Crippen LogP contribution in [0.4, 0.5) is 0 Å².